The van der Waals surface area contributed by atoms with Crippen molar-refractivity contribution in [1.29, 1.82) is 0 Å². The van der Waals surface area contributed by atoms with Crippen molar-refractivity contribution < 1.29 is 19.1 Å². The van der Waals surface area contributed by atoms with E-state index in [1.54, 1.807) is 11.8 Å². The van der Waals surface area contributed by atoms with E-state index < -0.39 is 0 Å². The number of ether oxygens (including phenoxy) is 2. The Labute approximate surface area is 151 Å². The molecule has 0 aromatic heterocycles. The monoisotopic (exact) mass is 397 g/mol. The Balaban J connectivity index is 1.81. The predicted molar refractivity (Wildman–Crippen MR) is 95.0 cm³/mol. The number of nitrogens with zero attached hydrogens (tertiary/aromatic N) is 1. The number of likely N-dealkylation sites (tertiary alicyclic amines) is 1. The Kier molecular flexibility index (Phi) is 7.09. The fourth-order valence-corrected chi connectivity index (χ4v) is 3.28. The molecule has 0 N–H and O–H groups in total. The van der Waals surface area contributed by atoms with Gasteiger partial charge in [0.1, 0.15) is 5.75 Å². The normalized spacial score (nSPS) is 15.2. The van der Waals surface area contributed by atoms with Crippen molar-refractivity contribution in [3.8, 4) is 5.75 Å². The maximum atomic E-state index is 12.3. The maximum Gasteiger partial charge on any atom is 0.309 e. The zero-order valence-electron chi connectivity index (χ0n) is 14.2. The molecule has 0 bridgehead atoms. The molecule has 5 nitrogen and oxygen atoms in total. The first-order valence-electron chi connectivity index (χ1n) is 8.40. The molecule has 1 amide bonds. The van der Waals surface area contributed by atoms with Gasteiger partial charge in [0.15, 0.2) is 6.61 Å². The highest BCUT2D eigenvalue weighted by molar-refractivity contribution is 9.10. The van der Waals surface area contributed by atoms with Gasteiger partial charge in [0, 0.05) is 13.1 Å². The van der Waals surface area contributed by atoms with Gasteiger partial charge >= 0.3 is 5.97 Å². The first kappa shape index (κ1) is 18.8. The third-order valence-electron chi connectivity index (χ3n) is 4.22. The van der Waals surface area contributed by atoms with Crippen LogP contribution >= 0.6 is 15.9 Å². The average molecular weight is 398 g/mol. The molecule has 0 saturated carbocycles. The van der Waals surface area contributed by atoms with E-state index in [9.17, 15) is 9.59 Å². The molecule has 2 rings (SSSR count). The molecular formula is C18H24BrNO4. The van der Waals surface area contributed by atoms with Crippen molar-refractivity contribution in [3.63, 3.8) is 0 Å². The Bertz CT molecular complexity index is 582. The highest BCUT2D eigenvalue weighted by atomic mass is 79.9. The van der Waals surface area contributed by atoms with Crippen LogP contribution in [0, 0.1) is 5.92 Å². The summed E-state index contributed by atoms with van der Waals surface area (Å²) in [6.45, 7) is 5.44. The number of hydrogen-bond acceptors (Lipinski definition) is 4. The van der Waals surface area contributed by atoms with Gasteiger partial charge in [0.25, 0.3) is 5.91 Å². The summed E-state index contributed by atoms with van der Waals surface area (Å²) in [6.07, 6.45) is 2.26. The summed E-state index contributed by atoms with van der Waals surface area (Å²) in [5.74, 6) is 0.372. The second-order valence-corrected chi connectivity index (χ2v) is 6.67. The zero-order valence-corrected chi connectivity index (χ0v) is 15.8. The van der Waals surface area contributed by atoms with Crippen LogP contribution in [0.15, 0.2) is 22.7 Å². The van der Waals surface area contributed by atoms with Gasteiger partial charge in [-0.05, 0) is 59.8 Å². The quantitative estimate of drug-likeness (QED) is 0.691. The highest BCUT2D eigenvalue weighted by Crippen LogP contribution is 2.26. The standard InChI is InChI=1S/C18H24BrNO4/c1-3-13-5-6-16(15(19)11-13)24-12-17(21)20-9-7-14(8-10-20)18(22)23-4-2/h5-6,11,14H,3-4,7-10,12H2,1-2H3. The molecule has 1 aliphatic heterocycles. The summed E-state index contributed by atoms with van der Waals surface area (Å²) >= 11 is 3.47. The molecule has 1 aliphatic rings. The van der Waals surface area contributed by atoms with Crippen molar-refractivity contribution in [1.82, 2.24) is 4.90 Å². The number of amides is 1. The summed E-state index contributed by atoms with van der Waals surface area (Å²) < 4.78 is 11.5. The van der Waals surface area contributed by atoms with E-state index in [-0.39, 0.29) is 24.4 Å². The van der Waals surface area contributed by atoms with Gasteiger partial charge in [-0.2, -0.15) is 0 Å². The van der Waals surface area contributed by atoms with E-state index in [0.29, 0.717) is 38.3 Å². The lowest BCUT2D eigenvalue weighted by Gasteiger charge is -2.30. The van der Waals surface area contributed by atoms with E-state index in [4.69, 9.17) is 9.47 Å². The van der Waals surface area contributed by atoms with Crippen LogP contribution in [0.3, 0.4) is 0 Å². The molecule has 0 aliphatic carbocycles. The molecule has 0 spiro atoms. The van der Waals surface area contributed by atoms with Crippen molar-refractivity contribution in [2.24, 2.45) is 5.92 Å². The van der Waals surface area contributed by atoms with Gasteiger partial charge < -0.3 is 14.4 Å². The summed E-state index contributed by atoms with van der Waals surface area (Å²) in [6, 6.07) is 5.88. The summed E-state index contributed by atoms with van der Waals surface area (Å²) in [5, 5.41) is 0. The van der Waals surface area contributed by atoms with Gasteiger partial charge in [0.2, 0.25) is 0 Å². The van der Waals surface area contributed by atoms with Crippen LogP contribution in [0.4, 0.5) is 0 Å². The fourth-order valence-electron chi connectivity index (χ4n) is 2.74. The molecule has 24 heavy (non-hydrogen) atoms. The molecule has 1 aromatic rings. The molecule has 0 radical (unpaired) electrons. The molecule has 1 saturated heterocycles. The number of aryl methyl sites for hydroxylation is 1. The molecule has 6 heteroatoms. The summed E-state index contributed by atoms with van der Waals surface area (Å²) in [4.78, 5) is 25.8. The maximum absolute atomic E-state index is 12.3. The van der Waals surface area contributed by atoms with Crippen molar-refractivity contribution >= 4 is 27.8 Å². The molecule has 1 fully saturated rings. The molecular weight excluding hydrogens is 374 g/mol. The molecule has 132 valence electrons. The number of piperidine rings is 1. The number of carbonyl (C=O) groups excluding carboxylic acids is 2. The lowest BCUT2D eigenvalue weighted by atomic mass is 9.97. The minimum Gasteiger partial charge on any atom is -0.483 e. The van der Waals surface area contributed by atoms with Gasteiger partial charge in [-0.15, -0.1) is 0 Å². The topological polar surface area (TPSA) is 55.8 Å². The second kappa shape index (κ2) is 9.06. The van der Waals surface area contributed by atoms with Gasteiger partial charge in [0.05, 0.1) is 17.0 Å². The van der Waals surface area contributed by atoms with Gasteiger partial charge in [-0.1, -0.05) is 13.0 Å². The average Bonchev–Trinajstić information content (AvgIpc) is 2.60. The largest absolute Gasteiger partial charge is 0.483 e. The van der Waals surface area contributed by atoms with Crippen LogP contribution < -0.4 is 4.74 Å². The molecule has 0 atom stereocenters. The van der Waals surface area contributed by atoms with E-state index in [2.05, 4.69) is 22.9 Å². The van der Waals surface area contributed by atoms with Crippen LogP contribution in [0.25, 0.3) is 0 Å². The van der Waals surface area contributed by atoms with Gasteiger partial charge in [-0.25, -0.2) is 0 Å². The fraction of sp³-hybridized carbons (Fsp3) is 0.556. The lowest BCUT2D eigenvalue weighted by molar-refractivity contribution is -0.151. The zero-order chi connectivity index (χ0) is 17.5. The lowest BCUT2D eigenvalue weighted by Crippen LogP contribution is -2.42. The molecule has 1 heterocycles. The third-order valence-corrected chi connectivity index (χ3v) is 4.84. The molecule has 0 unspecified atom stereocenters. The number of rotatable bonds is 6. The van der Waals surface area contributed by atoms with E-state index in [1.807, 2.05) is 18.2 Å². The summed E-state index contributed by atoms with van der Waals surface area (Å²) in [7, 11) is 0. The van der Waals surface area contributed by atoms with E-state index in [0.717, 1.165) is 10.9 Å². The van der Waals surface area contributed by atoms with Crippen molar-refractivity contribution in [3.05, 3.63) is 28.2 Å². The minimum absolute atomic E-state index is 0.00808. The van der Waals surface area contributed by atoms with Crippen LogP contribution in [0.5, 0.6) is 5.75 Å². The van der Waals surface area contributed by atoms with Crippen LogP contribution in [0.2, 0.25) is 0 Å². The van der Waals surface area contributed by atoms with Gasteiger partial charge in [-0.3, -0.25) is 9.59 Å². The Morgan fingerprint density at radius 3 is 2.54 bits per heavy atom. The minimum atomic E-state index is -0.152. The number of carbonyl (C=O) groups is 2. The first-order chi connectivity index (χ1) is 11.5. The number of esters is 1. The Morgan fingerprint density at radius 1 is 1.25 bits per heavy atom. The number of hydrogen-bond donors (Lipinski definition) is 0. The second-order valence-electron chi connectivity index (χ2n) is 5.81. The number of halogens is 1. The van der Waals surface area contributed by atoms with Crippen LogP contribution in [0.1, 0.15) is 32.3 Å². The molecule has 1 aromatic carbocycles. The summed E-state index contributed by atoms with van der Waals surface area (Å²) in [5.41, 5.74) is 1.21. The predicted octanol–water partition coefficient (Wildman–Crippen LogP) is 3.19. The third kappa shape index (κ3) is 4.97. The smallest absolute Gasteiger partial charge is 0.309 e. The van der Waals surface area contributed by atoms with Crippen molar-refractivity contribution in [2.75, 3.05) is 26.3 Å². The SMILES string of the molecule is CCOC(=O)C1CCN(C(=O)COc2ccc(CC)cc2Br)CC1. The Hall–Kier alpha value is -1.56. The van der Waals surface area contributed by atoms with E-state index in [1.165, 1.54) is 5.56 Å². The highest BCUT2D eigenvalue weighted by Gasteiger charge is 2.28. The van der Waals surface area contributed by atoms with Crippen LogP contribution in [-0.2, 0) is 20.7 Å². The number of benzene rings is 1. The Morgan fingerprint density at radius 2 is 1.96 bits per heavy atom. The van der Waals surface area contributed by atoms with Crippen LogP contribution in [-0.4, -0.2) is 43.1 Å². The first-order valence-corrected chi connectivity index (χ1v) is 9.20. The van der Waals surface area contributed by atoms with Crippen molar-refractivity contribution in [2.45, 2.75) is 33.1 Å². The van der Waals surface area contributed by atoms with E-state index >= 15 is 0 Å².